The van der Waals surface area contributed by atoms with Crippen molar-refractivity contribution in [1.29, 1.82) is 0 Å². The van der Waals surface area contributed by atoms with Crippen molar-refractivity contribution in [2.24, 2.45) is 0 Å². The first-order valence-electron chi connectivity index (χ1n) is 16.7. The molecule has 0 saturated carbocycles. The summed E-state index contributed by atoms with van der Waals surface area (Å²) in [5, 5.41) is 7.54. The van der Waals surface area contributed by atoms with Gasteiger partial charge in [0, 0.05) is 42.9 Å². The van der Waals surface area contributed by atoms with Crippen LogP contribution in [0.25, 0.3) is 69.6 Å². The maximum atomic E-state index is 2.48. The Balaban J connectivity index is 1.30. The number of benzene rings is 8. The lowest BCUT2D eigenvalue weighted by Crippen LogP contribution is -2.11. The van der Waals surface area contributed by atoms with Gasteiger partial charge in [0.1, 0.15) is 0 Å². The number of thiophene rings is 1. The number of rotatable bonds is 5. The molecule has 3 heteroatoms. The Morgan fingerprint density at radius 2 is 1.08 bits per heavy atom. The SMILES string of the molecule is c1ccc(-c2ccccc2N(c2ccc3c4ccccc4n(-c4cccc5ccccc45)c3c2)c2cccc3c2sc2ccccc23)cc1. The summed E-state index contributed by atoms with van der Waals surface area (Å²) < 4.78 is 5.03. The second kappa shape index (κ2) is 11.2. The highest BCUT2D eigenvalue weighted by Gasteiger charge is 2.23. The predicted octanol–water partition coefficient (Wildman–Crippen LogP) is 13.4. The second-order valence-corrected chi connectivity index (χ2v) is 13.6. The van der Waals surface area contributed by atoms with Crippen molar-refractivity contribution in [3.05, 3.63) is 182 Å². The lowest BCUT2D eigenvalue weighted by atomic mass is 10.0. The molecule has 0 unspecified atom stereocenters. The molecule has 10 aromatic rings. The van der Waals surface area contributed by atoms with E-state index in [2.05, 4.69) is 191 Å². The van der Waals surface area contributed by atoms with Gasteiger partial charge in [0.25, 0.3) is 0 Å². The molecule has 0 N–H and O–H groups in total. The van der Waals surface area contributed by atoms with Gasteiger partial charge in [-0.3, -0.25) is 0 Å². The van der Waals surface area contributed by atoms with Gasteiger partial charge in [0.2, 0.25) is 0 Å². The molecular formula is C46H30N2S. The van der Waals surface area contributed by atoms with Crippen molar-refractivity contribution < 1.29 is 0 Å². The van der Waals surface area contributed by atoms with Gasteiger partial charge in [0.05, 0.1) is 32.8 Å². The van der Waals surface area contributed by atoms with Gasteiger partial charge in [-0.05, 0) is 53.4 Å². The van der Waals surface area contributed by atoms with E-state index in [9.17, 15) is 0 Å². The Kier molecular flexibility index (Phi) is 6.39. The number of nitrogens with zero attached hydrogens (tertiary/aromatic N) is 2. The number of anilines is 3. The molecule has 2 nitrogen and oxygen atoms in total. The van der Waals surface area contributed by atoms with Gasteiger partial charge < -0.3 is 9.47 Å². The molecule has 49 heavy (non-hydrogen) atoms. The molecule has 0 aliphatic rings. The fraction of sp³-hybridized carbons (Fsp3) is 0. The molecule has 8 aromatic carbocycles. The van der Waals surface area contributed by atoms with E-state index in [0.29, 0.717) is 0 Å². The van der Waals surface area contributed by atoms with E-state index in [1.807, 2.05) is 11.3 Å². The Labute approximate surface area is 288 Å². The zero-order chi connectivity index (χ0) is 32.3. The Morgan fingerprint density at radius 1 is 0.429 bits per heavy atom. The summed E-state index contributed by atoms with van der Waals surface area (Å²) in [7, 11) is 0. The van der Waals surface area contributed by atoms with Gasteiger partial charge in [-0.25, -0.2) is 0 Å². The van der Waals surface area contributed by atoms with Crippen LogP contribution in [-0.4, -0.2) is 4.57 Å². The number of hydrogen-bond donors (Lipinski definition) is 0. The highest BCUT2D eigenvalue weighted by Crippen LogP contribution is 2.48. The zero-order valence-corrected chi connectivity index (χ0v) is 27.4. The van der Waals surface area contributed by atoms with E-state index in [4.69, 9.17) is 0 Å². The van der Waals surface area contributed by atoms with Crippen LogP contribution in [0, 0.1) is 0 Å². The summed E-state index contributed by atoms with van der Waals surface area (Å²) in [6, 6.07) is 66.2. The Hall–Kier alpha value is -6.16. The molecule has 0 spiro atoms. The first-order chi connectivity index (χ1) is 24.3. The third kappa shape index (κ3) is 4.40. The average molecular weight is 643 g/mol. The average Bonchev–Trinajstić information content (AvgIpc) is 3.71. The molecule has 230 valence electrons. The summed E-state index contributed by atoms with van der Waals surface area (Å²) >= 11 is 1.87. The Bertz CT molecular complexity index is 2840. The molecular weight excluding hydrogens is 613 g/mol. The first kappa shape index (κ1) is 27.9. The molecule has 0 amide bonds. The monoisotopic (exact) mass is 642 g/mol. The van der Waals surface area contributed by atoms with Gasteiger partial charge in [0.15, 0.2) is 0 Å². The van der Waals surface area contributed by atoms with Crippen molar-refractivity contribution in [3.8, 4) is 16.8 Å². The van der Waals surface area contributed by atoms with E-state index in [1.165, 1.54) is 75.3 Å². The van der Waals surface area contributed by atoms with Gasteiger partial charge >= 0.3 is 0 Å². The van der Waals surface area contributed by atoms with E-state index in [-0.39, 0.29) is 0 Å². The van der Waals surface area contributed by atoms with Crippen LogP contribution in [0.5, 0.6) is 0 Å². The number of para-hydroxylation sites is 2. The van der Waals surface area contributed by atoms with Gasteiger partial charge in [-0.15, -0.1) is 11.3 Å². The molecule has 10 rings (SSSR count). The molecule has 0 saturated heterocycles. The molecule has 0 aliphatic carbocycles. The first-order valence-corrected chi connectivity index (χ1v) is 17.5. The third-order valence-electron chi connectivity index (χ3n) is 9.78. The second-order valence-electron chi connectivity index (χ2n) is 12.5. The maximum absolute atomic E-state index is 2.48. The van der Waals surface area contributed by atoms with Crippen LogP contribution >= 0.6 is 11.3 Å². The topological polar surface area (TPSA) is 8.17 Å². The standard InChI is InChI=1S/C46H30N2S/c1-2-14-31(15-3-1)34-19-6-9-23-40(34)47(43-26-13-22-39-38-21-8-11-27-45(38)49-46(39)43)33-28-29-37-36-20-7-10-24-42(36)48(44(37)30-33)41-25-12-17-32-16-4-5-18-35(32)41/h1-30H. The molecule has 0 radical (unpaired) electrons. The van der Waals surface area contributed by atoms with Crippen molar-refractivity contribution in [2.75, 3.05) is 4.90 Å². The maximum Gasteiger partial charge on any atom is 0.0640 e. The quantitative estimate of drug-likeness (QED) is 0.181. The van der Waals surface area contributed by atoms with E-state index in [0.717, 1.165) is 11.4 Å². The van der Waals surface area contributed by atoms with Crippen LogP contribution < -0.4 is 4.90 Å². The molecule has 0 atom stereocenters. The highest BCUT2D eigenvalue weighted by atomic mass is 32.1. The minimum absolute atomic E-state index is 1.12. The molecule has 0 aliphatic heterocycles. The summed E-state index contributed by atoms with van der Waals surface area (Å²) in [5.74, 6) is 0. The smallest absolute Gasteiger partial charge is 0.0640 e. The van der Waals surface area contributed by atoms with Crippen molar-refractivity contribution >= 4 is 81.1 Å². The number of hydrogen-bond acceptors (Lipinski definition) is 2. The zero-order valence-electron chi connectivity index (χ0n) is 26.6. The van der Waals surface area contributed by atoms with E-state index >= 15 is 0 Å². The fourth-order valence-electron chi connectivity index (χ4n) is 7.61. The van der Waals surface area contributed by atoms with Crippen LogP contribution in [0.15, 0.2) is 182 Å². The predicted molar refractivity (Wildman–Crippen MR) is 211 cm³/mol. The van der Waals surface area contributed by atoms with Crippen molar-refractivity contribution in [1.82, 2.24) is 4.57 Å². The molecule has 0 bridgehead atoms. The van der Waals surface area contributed by atoms with Crippen molar-refractivity contribution in [2.45, 2.75) is 0 Å². The summed E-state index contributed by atoms with van der Waals surface area (Å²) in [4.78, 5) is 2.48. The fourth-order valence-corrected chi connectivity index (χ4v) is 8.81. The van der Waals surface area contributed by atoms with E-state index in [1.54, 1.807) is 0 Å². The van der Waals surface area contributed by atoms with Gasteiger partial charge in [-0.1, -0.05) is 140 Å². The minimum Gasteiger partial charge on any atom is -0.309 e. The van der Waals surface area contributed by atoms with Crippen LogP contribution in [-0.2, 0) is 0 Å². The summed E-state index contributed by atoms with van der Waals surface area (Å²) in [6.07, 6.45) is 0. The largest absolute Gasteiger partial charge is 0.309 e. The molecule has 2 heterocycles. The lowest BCUT2D eigenvalue weighted by Gasteiger charge is -2.28. The molecule has 0 fully saturated rings. The number of aromatic nitrogens is 1. The third-order valence-corrected chi connectivity index (χ3v) is 11.0. The van der Waals surface area contributed by atoms with Crippen LogP contribution in [0.2, 0.25) is 0 Å². The lowest BCUT2D eigenvalue weighted by molar-refractivity contribution is 1.19. The summed E-state index contributed by atoms with van der Waals surface area (Å²) in [6.45, 7) is 0. The van der Waals surface area contributed by atoms with E-state index < -0.39 is 0 Å². The summed E-state index contributed by atoms with van der Waals surface area (Å²) in [5.41, 5.74) is 9.39. The minimum atomic E-state index is 1.12. The number of fused-ring (bicyclic) bond motifs is 7. The Morgan fingerprint density at radius 3 is 2.00 bits per heavy atom. The van der Waals surface area contributed by atoms with Crippen LogP contribution in [0.3, 0.4) is 0 Å². The van der Waals surface area contributed by atoms with Crippen molar-refractivity contribution in [3.63, 3.8) is 0 Å². The van der Waals surface area contributed by atoms with Gasteiger partial charge in [-0.2, -0.15) is 0 Å². The van der Waals surface area contributed by atoms with Crippen LogP contribution in [0.4, 0.5) is 17.1 Å². The van der Waals surface area contributed by atoms with Crippen LogP contribution in [0.1, 0.15) is 0 Å². The highest BCUT2D eigenvalue weighted by molar-refractivity contribution is 7.26. The normalized spacial score (nSPS) is 11.7. The molecule has 2 aromatic heterocycles.